The fraction of sp³-hybridized carbons (Fsp3) is 0.600. The van der Waals surface area contributed by atoms with Gasteiger partial charge in [0.15, 0.2) is 11.5 Å². The van der Waals surface area contributed by atoms with Gasteiger partial charge >= 0.3 is 6.09 Å². The molecule has 1 aromatic heterocycles. The number of fused-ring (bicyclic) bond motifs is 1. The SMILES string of the molecule is COc1cc2sc(CNC(=O)OC(C)(C)C)nc2cc1OCCOCCN(C)C. The summed E-state index contributed by atoms with van der Waals surface area (Å²) in [4.78, 5) is 18.5. The lowest BCUT2D eigenvalue weighted by atomic mass is 10.2. The summed E-state index contributed by atoms with van der Waals surface area (Å²) in [5.74, 6) is 1.26. The summed E-state index contributed by atoms with van der Waals surface area (Å²) in [6.07, 6.45) is -0.465. The van der Waals surface area contributed by atoms with E-state index in [1.54, 1.807) is 7.11 Å². The minimum atomic E-state index is -0.534. The number of methoxy groups -OCH3 is 1. The lowest BCUT2D eigenvalue weighted by Crippen LogP contribution is -2.32. The topological polar surface area (TPSA) is 82.2 Å². The predicted octanol–water partition coefficient (Wildman–Crippen LogP) is 3.29. The molecule has 0 aliphatic carbocycles. The summed E-state index contributed by atoms with van der Waals surface area (Å²) in [5, 5.41) is 3.50. The van der Waals surface area contributed by atoms with Crippen LogP contribution in [-0.2, 0) is 16.0 Å². The summed E-state index contributed by atoms with van der Waals surface area (Å²) < 4.78 is 23.0. The Balaban J connectivity index is 1.95. The van der Waals surface area contributed by atoms with E-state index in [2.05, 4.69) is 15.2 Å². The Hall–Kier alpha value is -2.10. The third kappa shape index (κ3) is 8.04. The van der Waals surface area contributed by atoms with E-state index in [-0.39, 0.29) is 0 Å². The fourth-order valence-corrected chi connectivity index (χ4v) is 3.27. The number of nitrogens with zero attached hydrogens (tertiary/aromatic N) is 2. The van der Waals surface area contributed by atoms with Crippen LogP contribution in [0.2, 0.25) is 0 Å². The van der Waals surface area contributed by atoms with Crippen molar-refractivity contribution in [2.45, 2.75) is 32.9 Å². The second-order valence-electron chi connectivity index (χ2n) is 7.70. The molecule has 0 bridgehead atoms. The standard InChI is InChI=1S/C20H31N3O5S/c1-20(2,3)28-19(24)21-13-18-22-14-11-16(15(25-6)12-17(14)29-18)27-10-9-26-8-7-23(4)5/h11-12H,7-10,13H2,1-6H3,(H,21,24). The van der Waals surface area contributed by atoms with Crippen molar-refractivity contribution in [3.63, 3.8) is 0 Å². The van der Waals surface area contributed by atoms with Crippen LogP contribution in [0, 0.1) is 0 Å². The number of likely N-dealkylation sites (N-methyl/N-ethyl adjacent to an activating group) is 1. The zero-order valence-corrected chi connectivity index (χ0v) is 18.9. The molecule has 0 aliphatic rings. The van der Waals surface area contributed by atoms with E-state index in [1.165, 1.54) is 11.3 Å². The summed E-state index contributed by atoms with van der Waals surface area (Å²) in [6, 6.07) is 3.74. The molecule has 1 N–H and O–H groups in total. The highest BCUT2D eigenvalue weighted by molar-refractivity contribution is 7.18. The molecule has 29 heavy (non-hydrogen) atoms. The molecule has 2 rings (SSSR count). The highest BCUT2D eigenvalue weighted by Gasteiger charge is 2.17. The van der Waals surface area contributed by atoms with E-state index in [0.29, 0.717) is 37.9 Å². The molecule has 162 valence electrons. The molecule has 0 spiro atoms. The lowest BCUT2D eigenvalue weighted by Gasteiger charge is -2.19. The van der Waals surface area contributed by atoms with Crippen LogP contribution in [0.3, 0.4) is 0 Å². The van der Waals surface area contributed by atoms with Crippen molar-refractivity contribution in [1.82, 2.24) is 15.2 Å². The number of amides is 1. The number of nitrogens with one attached hydrogen (secondary N) is 1. The Morgan fingerprint density at radius 3 is 2.59 bits per heavy atom. The number of hydrogen-bond acceptors (Lipinski definition) is 8. The maximum atomic E-state index is 11.8. The number of carbonyl (C=O) groups excluding carboxylic acids is 1. The van der Waals surface area contributed by atoms with Crippen LogP contribution in [0.25, 0.3) is 10.2 Å². The average molecular weight is 426 g/mol. The molecule has 1 heterocycles. The van der Waals surface area contributed by atoms with E-state index < -0.39 is 11.7 Å². The van der Waals surface area contributed by atoms with Crippen LogP contribution in [-0.4, -0.2) is 69.1 Å². The third-order valence-corrected chi connectivity index (χ3v) is 4.69. The maximum Gasteiger partial charge on any atom is 0.408 e. The van der Waals surface area contributed by atoms with Crippen LogP contribution >= 0.6 is 11.3 Å². The average Bonchev–Trinajstić information content (AvgIpc) is 3.02. The summed E-state index contributed by atoms with van der Waals surface area (Å²) in [5.41, 5.74) is 0.258. The number of carbonyl (C=O) groups is 1. The minimum Gasteiger partial charge on any atom is -0.493 e. The number of hydrogen-bond donors (Lipinski definition) is 1. The summed E-state index contributed by atoms with van der Waals surface area (Å²) >= 11 is 1.49. The first-order chi connectivity index (χ1) is 13.7. The Kier molecular flexibility index (Phi) is 8.48. The molecule has 0 unspecified atom stereocenters. The van der Waals surface area contributed by atoms with Crippen molar-refractivity contribution >= 4 is 27.6 Å². The van der Waals surface area contributed by atoms with Gasteiger partial charge in [-0.3, -0.25) is 0 Å². The molecule has 1 amide bonds. The minimum absolute atomic E-state index is 0.298. The van der Waals surface area contributed by atoms with Crippen molar-refractivity contribution in [2.24, 2.45) is 0 Å². The molecule has 0 fully saturated rings. The molecule has 0 saturated carbocycles. The molecular weight excluding hydrogens is 394 g/mol. The summed E-state index contributed by atoms with van der Waals surface area (Å²) in [7, 11) is 5.61. The number of ether oxygens (including phenoxy) is 4. The zero-order chi connectivity index (χ0) is 21.4. The van der Waals surface area contributed by atoms with Gasteiger partial charge in [0, 0.05) is 18.7 Å². The van der Waals surface area contributed by atoms with Gasteiger partial charge in [0.05, 0.1) is 37.1 Å². The van der Waals surface area contributed by atoms with Crippen molar-refractivity contribution in [1.29, 1.82) is 0 Å². The largest absolute Gasteiger partial charge is 0.493 e. The number of aromatic nitrogens is 1. The third-order valence-electron chi connectivity index (χ3n) is 3.67. The van der Waals surface area contributed by atoms with Gasteiger partial charge in [-0.2, -0.15) is 0 Å². The van der Waals surface area contributed by atoms with E-state index in [9.17, 15) is 4.79 Å². The number of benzene rings is 1. The van der Waals surface area contributed by atoms with E-state index in [4.69, 9.17) is 18.9 Å². The normalized spacial score (nSPS) is 11.7. The first kappa shape index (κ1) is 23.2. The Morgan fingerprint density at radius 1 is 1.17 bits per heavy atom. The van der Waals surface area contributed by atoms with Crippen LogP contribution < -0.4 is 14.8 Å². The molecule has 8 nitrogen and oxygen atoms in total. The predicted molar refractivity (Wildman–Crippen MR) is 114 cm³/mol. The van der Waals surface area contributed by atoms with Gasteiger partial charge < -0.3 is 29.2 Å². The number of alkyl carbamates (subject to hydrolysis) is 1. The molecule has 1 aromatic carbocycles. The van der Waals surface area contributed by atoms with Gasteiger partial charge in [-0.1, -0.05) is 0 Å². The van der Waals surface area contributed by atoms with Gasteiger partial charge in [0.25, 0.3) is 0 Å². The lowest BCUT2D eigenvalue weighted by molar-refractivity contribution is 0.0523. The molecule has 0 radical (unpaired) electrons. The van der Waals surface area contributed by atoms with Crippen molar-refractivity contribution < 1.29 is 23.7 Å². The maximum absolute atomic E-state index is 11.8. The zero-order valence-electron chi connectivity index (χ0n) is 18.0. The van der Waals surface area contributed by atoms with Gasteiger partial charge in [0.1, 0.15) is 17.2 Å². The van der Waals surface area contributed by atoms with Crippen molar-refractivity contribution in [3.8, 4) is 11.5 Å². The second-order valence-corrected chi connectivity index (χ2v) is 8.81. The Morgan fingerprint density at radius 2 is 1.93 bits per heavy atom. The van der Waals surface area contributed by atoms with Gasteiger partial charge in [-0.15, -0.1) is 11.3 Å². The van der Waals surface area contributed by atoms with Gasteiger partial charge in [-0.05, 0) is 34.9 Å². The van der Waals surface area contributed by atoms with Crippen LogP contribution in [0.5, 0.6) is 11.5 Å². The number of thiazole rings is 1. The molecule has 9 heteroatoms. The molecule has 0 atom stereocenters. The Labute approximate surface area is 176 Å². The van der Waals surface area contributed by atoms with Crippen molar-refractivity contribution in [2.75, 3.05) is 47.6 Å². The quantitative estimate of drug-likeness (QED) is 0.585. The van der Waals surface area contributed by atoms with Crippen molar-refractivity contribution in [3.05, 3.63) is 17.1 Å². The van der Waals surface area contributed by atoms with Gasteiger partial charge in [-0.25, -0.2) is 9.78 Å². The van der Waals surface area contributed by atoms with E-state index >= 15 is 0 Å². The second kappa shape index (κ2) is 10.6. The highest BCUT2D eigenvalue weighted by atomic mass is 32.1. The van der Waals surface area contributed by atoms with Gasteiger partial charge in [0.2, 0.25) is 0 Å². The smallest absolute Gasteiger partial charge is 0.408 e. The molecular formula is C20H31N3O5S. The number of rotatable bonds is 10. The first-order valence-corrected chi connectivity index (χ1v) is 10.3. The Bertz CT molecular complexity index is 801. The molecule has 0 aliphatic heterocycles. The fourth-order valence-electron chi connectivity index (χ4n) is 2.35. The van der Waals surface area contributed by atoms with Crippen LogP contribution in [0.15, 0.2) is 12.1 Å². The highest BCUT2D eigenvalue weighted by Crippen LogP contribution is 2.35. The van der Waals surface area contributed by atoms with Crippen LogP contribution in [0.1, 0.15) is 25.8 Å². The van der Waals surface area contributed by atoms with E-state index in [0.717, 1.165) is 21.8 Å². The monoisotopic (exact) mass is 425 g/mol. The molecule has 0 saturated heterocycles. The first-order valence-electron chi connectivity index (χ1n) is 9.47. The summed E-state index contributed by atoms with van der Waals surface area (Å²) in [6.45, 7) is 8.22. The van der Waals surface area contributed by atoms with Crippen LogP contribution in [0.4, 0.5) is 4.79 Å². The van der Waals surface area contributed by atoms with E-state index in [1.807, 2.05) is 47.0 Å². The molecule has 2 aromatic rings.